The zero-order valence-corrected chi connectivity index (χ0v) is 16.8. The molecule has 1 aliphatic heterocycles. The molecule has 2 nitrogen and oxygen atoms in total. The number of fused-ring (bicyclic) bond motifs is 2. The Labute approximate surface area is 177 Å². The normalized spacial score (nSPS) is 12.7. The van der Waals surface area contributed by atoms with Crippen molar-refractivity contribution in [2.24, 2.45) is 0 Å². The minimum Gasteiger partial charge on any atom is -0.508 e. The molecule has 0 aliphatic carbocycles. The van der Waals surface area contributed by atoms with Crippen LogP contribution in [0.2, 0.25) is 0 Å². The molecule has 1 heterocycles. The van der Waals surface area contributed by atoms with Crippen LogP contribution < -0.4 is 4.74 Å². The fraction of sp³-hybridized carbons (Fsp3) is 0.143. The van der Waals surface area contributed by atoms with Gasteiger partial charge in [-0.25, -0.2) is 0 Å². The van der Waals surface area contributed by atoms with Crippen molar-refractivity contribution in [1.82, 2.24) is 0 Å². The molecule has 0 atom stereocenters. The predicted octanol–water partition coefficient (Wildman–Crippen LogP) is 6.66. The maximum absolute atomic E-state index is 9.96. The van der Waals surface area contributed by atoms with Crippen molar-refractivity contribution in [3.8, 4) is 17.2 Å². The lowest BCUT2D eigenvalue weighted by Crippen LogP contribution is -2.12. The first-order valence-electron chi connectivity index (χ1n) is 10.5. The number of ether oxygens (including phenoxy) is 1. The Hall–Kier alpha value is -3.52. The molecule has 2 heteroatoms. The Balaban J connectivity index is 1.35. The van der Waals surface area contributed by atoms with Gasteiger partial charge in [0.25, 0.3) is 0 Å². The van der Waals surface area contributed by atoms with Crippen LogP contribution in [0.3, 0.4) is 0 Å². The van der Waals surface area contributed by atoms with Gasteiger partial charge in [-0.1, -0.05) is 78.9 Å². The number of hydrogen-bond donors (Lipinski definition) is 1. The van der Waals surface area contributed by atoms with Crippen molar-refractivity contribution < 1.29 is 9.84 Å². The molecular formula is C28H24O2. The van der Waals surface area contributed by atoms with Gasteiger partial charge in [0.1, 0.15) is 17.2 Å². The first kappa shape index (κ1) is 18.5. The minimum atomic E-state index is 0.290. The molecular weight excluding hydrogens is 368 g/mol. The first-order chi connectivity index (χ1) is 14.8. The van der Waals surface area contributed by atoms with Crippen molar-refractivity contribution in [3.05, 3.63) is 125 Å². The summed E-state index contributed by atoms with van der Waals surface area (Å²) < 4.78 is 6.13. The zero-order valence-electron chi connectivity index (χ0n) is 16.8. The molecule has 4 aromatic rings. The fourth-order valence-corrected chi connectivity index (χ4v) is 4.31. The monoisotopic (exact) mass is 392 g/mol. The summed E-state index contributed by atoms with van der Waals surface area (Å²) in [6, 6.07) is 33.2. The topological polar surface area (TPSA) is 29.5 Å². The lowest BCUT2D eigenvalue weighted by Gasteiger charge is -2.28. The van der Waals surface area contributed by atoms with Crippen LogP contribution >= 0.6 is 0 Å². The van der Waals surface area contributed by atoms with E-state index in [2.05, 4.69) is 60.7 Å². The van der Waals surface area contributed by atoms with Crippen LogP contribution in [-0.2, 0) is 19.3 Å². The molecule has 0 saturated heterocycles. The number of aryl methyl sites for hydroxylation is 2. The van der Waals surface area contributed by atoms with E-state index in [1.54, 1.807) is 6.07 Å². The highest BCUT2D eigenvalue weighted by Gasteiger charge is 2.26. The summed E-state index contributed by atoms with van der Waals surface area (Å²) in [4.78, 5) is 0. The summed E-state index contributed by atoms with van der Waals surface area (Å²) in [5.74, 6) is 2.59. The summed E-state index contributed by atoms with van der Waals surface area (Å²) in [6.07, 6.45) is 2.70. The van der Waals surface area contributed by atoms with E-state index in [0.29, 0.717) is 11.7 Å². The number of benzene rings is 4. The third-order valence-electron chi connectivity index (χ3n) is 5.95. The minimum absolute atomic E-state index is 0.290. The van der Waals surface area contributed by atoms with E-state index in [4.69, 9.17) is 4.74 Å². The molecule has 0 unspecified atom stereocenters. The SMILES string of the molecule is Oc1ccccc1CCc1ccc(CC2c3ccccc3Oc3ccccc32)cc1. The standard InChI is InChI=1S/C28H24O2/c29-26-10-4-1-7-22(26)18-17-20-13-15-21(16-14-20)19-25-23-8-2-5-11-27(23)30-28-12-6-3-9-24(25)28/h1-16,25,29H,17-19H2. The van der Waals surface area contributed by atoms with Crippen LogP contribution in [0.15, 0.2) is 97.1 Å². The van der Waals surface area contributed by atoms with E-state index >= 15 is 0 Å². The molecule has 1 aliphatic rings. The first-order valence-corrected chi connectivity index (χ1v) is 10.5. The second-order valence-electron chi connectivity index (χ2n) is 7.88. The van der Waals surface area contributed by atoms with Gasteiger partial charge in [-0.15, -0.1) is 0 Å². The van der Waals surface area contributed by atoms with Crippen LogP contribution in [0, 0.1) is 0 Å². The van der Waals surface area contributed by atoms with Crippen molar-refractivity contribution >= 4 is 0 Å². The van der Waals surface area contributed by atoms with E-state index in [0.717, 1.165) is 36.3 Å². The number of phenolic OH excluding ortho intramolecular Hbond substituents is 1. The molecule has 0 fully saturated rings. The maximum atomic E-state index is 9.96. The van der Waals surface area contributed by atoms with Crippen molar-refractivity contribution in [3.63, 3.8) is 0 Å². The van der Waals surface area contributed by atoms with Crippen LogP contribution in [-0.4, -0.2) is 5.11 Å². The fourth-order valence-electron chi connectivity index (χ4n) is 4.31. The second-order valence-corrected chi connectivity index (χ2v) is 7.88. The summed E-state index contributed by atoms with van der Waals surface area (Å²) in [5, 5.41) is 9.96. The predicted molar refractivity (Wildman–Crippen MR) is 120 cm³/mol. The Morgan fingerprint density at radius 1 is 0.600 bits per heavy atom. The molecule has 0 saturated carbocycles. The highest BCUT2D eigenvalue weighted by Crippen LogP contribution is 2.45. The molecule has 4 aromatic carbocycles. The van der Waals surface area contributed by atoms with Crippen LogP contribution in [0.1, 0.15) is 33.7 Å². The smallest absolute Gasteiger partial charge is 0.131 e. The molecule has 5 rings (SSSR count). The van der Waals surface area contributed by atoms with E-state index in [9.17, 15) is 5.11 Å². The Kier molecular flexibility index (Phi) is 4.98. The average Bonchev–Trinajstić information content (AvgIpc) is 2.79. The van der Waals surface area contributed by atoms with Crippen molar-refractivity contribution in [1.29, 1.82) is 0 Å². The summed E-state index contributed by atoms with van der Waals surface area (Å²) in [6.45, 7) is 0. The highest BCUT2D eigenvalue weighted by molar-refractivity contribution is 5.54. The Morgan fingerprint density at radius 3 is 1.83 bits per heavy atom. The van der Waals surface area contributed by atoms with Gasteiger partial charge in [-0.3, -0.25) is 0 Å². The molecule has 0 aromatic heterocycles. The second kappa shape index (κ2) is 8.08. The van der Waals surface area contributed by atoms with Gasteiger partial charge >= 0.3 is 0 Å². The van der Waals surface area contributed by atoms with Crippen molar-refractivity contribution in [2.75, 3.05) is 0 Å². The van der Waals surface area contributed by atoms with E-state index in [1.807, 2.05) is 30.3 Å². The molecule has 0 spiro atoms. The van der Waals surface area contributed by atoms with Gasteiger partial charge < -0.3 is 9.84 Å². The molecule has 1 N–H and O–H groups in total. The largest absolute Gasteiger partial charge is 0.508 e. The number of hydrogen-bond acceptors (Lipinski definition) is 2. The number of aromatic hydroxyl groups is 1. The van der Waals surface area contributed by atoms with Crippen LogP contribution in [0.5, 0.6) is 17.2 Å². The lowest BCUT2D eigenvalue weighted by atomic mass is 9.83. The van der Waals surface area contributed by atoms with Gasteiger partial charge in [0.2, 0.25) is 0 Å². The number of rotatable bonds is 5. The third kappa shape index (κ3) is 3.69. The number of phenols is 1. The van der Waals surface area contributed by atoms with Crippen LogP contribution in [0.25, 0.3) is 0 Å². The Bertz CT molecular complexity index is 1120. The third-order valence-corrected chi connectivity index (χ3v) is 5.95. The summed E-state index contributed by atoms with van der Waals surface area (Å²) in [5.41, 5.74) is 6.10. The van der Waals surface area contributed by atoms with Gasteiger partial charge in [0, 0.05) is 17.0 Å². The molecule has 0 radical (unpaired) electrons. The molecule has 0 amide bonds. The van der Waals surface area contributed by atoms with E-state index in [1.165, 1.54) is 22.3 Å². The highest BCUT2D eigenvalue weighted by atomic mass is 16.5. The molecule has 148 valence electrons. The number of para-hydroxylation sites is 3. The van der Waals surface area contributed by atoms with Crippen LogP contribution in [0.4, 0.5) is 0 Å². The van der Waals surface area contributed by atoms with E-state index < -0.39 is 0 Å². The molecule has 30 heavy (non-hydrogen) atoms. The van der Waals surface area contributed by atoms with E-state index in [-0.39, 0.29) is 0 Å². The van der Waals surface area contributed by atoms with Gasteiger partial charge in [-0.2, -0.15) is 0 Å². The zero-order chi connectivity index (χ0) is 20.3. The van der Waals surface area contributed by atoms with Gasteiger partial charge in [-0.05, 0) is 54.2 Å². The quantitative estimate of drug-likeness (QED) is 0.412. The summed E-state index contributed by atoms with van der Waals surface area (Å²) in [7, 11) is 0. The maximum Gasteiger partial charge on any atom is 0.131 e. The van der Waals surface area contributed by atoms with Gasteiger partial charge in [0.15, 0.2) is 0 Å². The Morgan fingerprint density at radius 2 is 1.17 bits per heavy atom. The molecule has 0 bridgehead atoms. The van der Waals surface area contributed by atoms with Crippen molar-refractivity contribution in [2.45, 2.75) is 25.2 Å². The average molecular weight is 392 g/mol. The summed E-state index contributed by atoms with van der Waals surface area (Å²) >= 11 is 0. The lowest BCUT2D eigenvalue weighted by molar-refractivity contribution is 0.445. The van der Waals surface area contributed by atoms with Gasteiger partial charge in [0.05, 0.1) is 0 Å².